The molecule has 19 heavy (non-hydrogen) atoms. The van der Waals surface area contributed by atoms with Crippen LogP contribution in [0.1, 0.15) is 31.2 Å². The Morgan fingerprint density at radius 1 is 1.26 bits per heavy atom. The van der Waals surface area contributed by atoms with Gasteiger partial charge in [-0.1, -0.05) is 18.2 Å². The van der Waals surface area contributed by atoms with Crippen molar-refractivity contribution in [3.05, 3.63) is 36.0 Å². The molecule has 0 amide bonds. The summed E-state index contributed by atoms with van der Waals surface area (Å²) in [6.45, 7) is 2.90. The van der Waals surface area contributed by atoms with Crippen LogP contribution in [0.5, 0.6) is 0 Å². The molecule has 1 aromatic carbocycles. The molecular formula is C16H22N2O. The Balaban J connectivity index is 1.48. The minimum absolute atomic E-state index is 0.475. The van der Waals surface area contributed by atoms with Crippen LogP contribution < -0.4 is 5.32 Å². The summed E-state index contributed by atoms with van der Waals surface area (Å²) < 4.78 is 5.74. The molecule has 0 bridgehead atoms. The molecule has 3 nitrogen and oxygen atoms in total. The number of hydrogen-bond acceptors (Lipinski definition) is 2. The Bertz CT molecular complexity index is 514. The van der Waals surface area contributed by atoms with Crippen molar-refractivity contribution in [2.24, 2.45) is 0 Å². The van der Waals surface area contributed by atoms with E-state index in [9.17, 15) is 0 Å². The van der Waals surface area contributed by atoms with Crippen molar-refractivity contribution in [2.45, 2.75) is 38.3 Å². The van der Waals surface area contributed by atoms with Gasteiger partial charge in [0.1, 0.15) is 0 Å². The normalized spacial score (nSPS) is 19.9. The van der Waals surface area contributed by atoms with Gasteiger partial charge < -0.3 is 15.0 Å². The van der Waals surface area contributed by atoms with Crippen LogP contribution in [0.2, 0.25) is 0 Å². The van der Waals surface area contributed by atoms with E-state index in [-0.39, 0.29) is 0 Å². The molecule has 0 saturated carbocycles. The first-order valence-electron chi connectivity index (χ1n) is 7.31. The van der Waals surface area contributed by atoms with Crippen LogP contribution in [0, 0.1) is 0 Å². The lowest BCUT2D eigenvalue weighted by Crippen LogP contribution is -2.25. The third-order valence-electron chi connectivity index (χ3n) is 3.91. The Labute approximate surface area is 114 Å². The average Bonchev–Trinajstić information content (AvgIpc) is 2.94. The highest BCUT2D eigenvalue weighted by molar-refractivity contribution is 5.82. The summed E-state index contributed by atoms with van der Waals surface area (Å²) in [7, 11) is 0. The van der Waals surface area contributed by atoms with Gasteiger partial charge in [-0.15, -0.1) is 0 Å². The molecule has 1 unspecified atom stereocenters. The maximum Gasteiger partial charge on any atom is 0.0587 e. The molecule has 2 aromatic rings. The predicted octanol–water partition coefficient (Wildman–Crippen LogP) is 3.22. The number of H-pyrrole nitrogens is 1. The number of aromatic amines is 1. The van der Waals surface area contributed by atoms with Gasteiger partial charge in [-0.05, 0) is 49.2 Å². The van der Waals surface area contributed by atoms with Crippen LogP contribution in [-0.2, 0) is 11.3 Å². The van der Waals surface area contributed by atoms with Gasteiger partial charge in [-0.3, -0.25) is 0 Å². The number of nitrogens with one attached hydrogen (secondary N) is 2. The van der Waals surface area contributed by atoms with E-state index in [1.54, 1.807) is 0 Å². The lowest BCUT2D eigenvalue weighted by Gasteiger charge is -2.22. The van der Waals surface area contributed by atoms with E-state index in [2.05, 4.69) is 34.6 Å². The van der Waals surface area contributed by atoms with E-state index < -0.39 is 0 Å². The first-order valence-corrected chi connectivity index (χ1v) is 7.31. The zero-order chi connectivity index (χ0) is 12.9. The standard InChI is InChI=1S/C16H22N2O/c1-2-11-19-15(6-1)8-9-17-12-14-5-3-4-13-7-10-18-16(13)14/h3-5,7,10,15,17-18H,1-2,6,8-9,11-12H2. The lowest BCUT2D eigenvalue weighted by molar-refractivity contribution is 0.0115. The van der Waals surface area contributed by atoms with Crippen molar-refractivity contribution in [1.82, 2.24) is 10.3 Å². The predicted molar refractivity (Wildman–Crippen MR) is 78.2 cm³/mol. The molecule has 1 aromatic heterocycles. The van der Waals surface area contributed by atoms with Crippen molar-refractivity contribution in [3.63, 3.8) is 0 Å². The highest BCUT2D eigenvalue weighted by Crippen LogP contribution is 2.17. The number of para-hydroxylation sites is 1. The van der Waals surface area contributed by atoms with Crippen LogP contribution in [-0.4, -0.2) is 24.2 Å². The molecule has 0 spiro atoms. The maximum atomic E-state index is 5.74. The third-order valence-corrected chi connectivity index (χ3v) is 3.91. The Morgan fingerprint density at radius 3 is 3.16 bits per heavy atom. The zero-order valence-corrected chi connectivity index (χ0v) is 11.3. The molecule has 1 saturated heterocycles. The topological polar surface area (TPSA) is 37.0 Å². The average molecular weight is 258 g/mol. The van der Waals surface area contributed by atoms with Gasteiger partial charge in [-0.25, -0.2) is 0 Å². The van der Waals surface area contributed by atoms with E-state index >= 15 is 0 Å². The van der Waals surface area contributed by atoms with Crippen LogP contribution in [0.3, 0.4) is 0 Å². The molecule has 1 aliphatic heterocycles. The molecular weight excluding hydrogens is 236 g/mol. The molecule has 2 N–H and O–H groups in total. The van der Waals surface area contributed by atoms with Gasteiger partial charge >= 0.3 is 0 Å². The minimum Gasteiger partial charge on any atom is -0.378 e. The number of rotatable bonds is 5. The van der Waals surface area contributed by atoms with E-state index in [1.807, 2.05) is 6.20 Å². The van der Waals surface area contributed by atoms with Crippen LogP contribution >= 0.6 is 0 Å². The van der Waals surface area contributed by atoms with Gasteiger partial charge in [-0.2, -0.15) is 0 Å². The summed E-state index contributed by atoms with van der Waals surface area (Å²) in [4.78, 5) is 3.31. The van der Waals surface area contributed by atoms with Crippen LogP contribution in [0.25, 0.3) is 10.9 Å². The number of hydrogen-bond donors (Lipinski definition) is 2. The van der Waals surface area contributed by atoms with E-state index in [1.165, 1.54) is 35.7 Å². The zero-order valence-electron chi connectivity index (χ0n) is 11.3. The molecule has 1 fully saturated rings. The fraction of sp³-hybridized carbons (Fsp3) is 0.500. The first kappa shape index (κ1) is 12.7. The highest BCUT2D eigenvalue weighted by Gasteiger charge is 2.12. The second kappa shape index (κ2) is 6.22. The third kappa shape index (κ3) is 3.17. The fourth-order valence-electron chi connectivity index (χ4n) is 2.82. The minimum atomic E-state index is 0.475. The number of ether oxygens (including phenoxy) is 1. The Hall–Kier alpha value is -1.32. The number of fused-ring (bicyclic) bond motifs is 1. The van der Waals surface area contributed by atoms with E-state index in [4.69, 9.17) is 4.74 Å². The largest absolute Gasteiger partial charge is 0.378 e. The van der Waals surface area contributed by atoms with Gasteiger partial charge in [0.15, 0.2) is 0 Å². The molecule has 3 heteroatoms. The number of benzene rings is 1. The van der Waals surface area contributed by atoms with Crippen molar-refractivity contribution < 1.29 is 4.74 Å². The van der Waals surface area contributed by atoms with Gasteiger partial charge in [0.25, 0.3) is 0 Å². The molecule has 0 radical (unpaired) electrons. The Kier molecular flexibility index (Phi) is 4.16. The Morgan fingerprint density at radius 2 is 2.26 bits per heavy atom. The summed E-state index contributed by atoms with van der Waals surface area (Å²) in [5.74, 6) is 0. The second-order valence-corrected chi connectivity index (χ2v) is 5.31. The molecule has 1 atom stereocenters. The van der Waals surface area contributed by atoms with Crippen molar-refractivity contribution >= 4 is 10.9 Å². The molecule has 102 valence electrons. The molecule has 1 aliphatic rings. The van der Waals surface area contributed by atoms with E-state index in [0.29, 0.717) is 6.10 Å². The van der Waals surface area contributed by atoms with Gasteiger partial charge in [0.05, 0.1) is 6.10 Å². The summed E-state index contributed by atoms with van der Waals surface area (Å²) in [5.41, 5.74) is 2.59. The molecule has 2 heterocycles. The quantitative estimate of drug-likeness (QED) is 0.808. The summed E-state index contributed by atoms with van der Waals surface area (Å²) in [6, 6.07) is 8.57. The van der Waals surface area contributed by atoms with Crippen molar-refractivity contribution in [3.8, 4) is 0 Å². The molecule has 3 rings (SSSR count). The van der Waals surface area contributed by atoms with Crippen molar-refractivity contribution in [2.75, 3.05) is 13.2 Å². The first-order chi connectivity index (χ1) is 9.43. The van der Waals surface area contributed by atoms with Crippen molar-refractivity contribution in [1.29, 1.82) is 0 Å². The lowest BCUT2D eigenvalue weighted by atomic mass is 10.1. The summed E-state index contributed by atoms with van der Waals surface area (Å²) in [6.07, 6.45) is 7.40. The van der Waals surface area contributed by atoms with Gasteiger partial charge in [0, 0.05) is 24.9 Å². The summed E-state index contributed by atoms with van der Waals surface area (Å²) >= 11 is 0. The monoisotopic (exact) mass is 258 g/mol. The highest BCUT2D eigenvalue weighted by atomic mass is 16.5. The van der Waals surface area contributed by atoms with Crippen LogP contribution in [0.4, 0.5) is 0 Å². The SMILES string of the molecule is c1cc(CNCCC2CCCCO2)c2[nH]ccc2c1. The molecule has 0 aliphatic carbocycles. The van der Waals surface area contributed by atoms with Crippen LogP contribution in [0.15, 0.2) is 30.5 Å². The fourth-order valence-corrected chi connectivity index (χ4v) is 2.82. The van der Waals surface area contributed by atoms with E-state index in [0.717, 1.165) is 26.1 Å². The maximum absolute atomic E-state index is 5.74. The second-order valence-electron chi connectivity index (χ2n) is 5.31. The smallest absolute Gasteiger partial charge is 0.0587 e. The van der Waals surface area contributed by atoms with Gasteiger partial charge in [0.2, 0.25) is 0 Å². The number of aromatic nitrogens is 1. The summed E-state index contributed by atoms with van der Waals surface area (Å²) in [5, 5.41) is 4.82.